The van der Waals surface area contributed by atoms with E-state index in [1.165, 1.54) is 4.68 Å². The van der Waals surface area contributed by atoms with Crippen LogP contribution in [-0.2, 0) is 0 Å². The summed E-state index contributed by atoms with van der Waals surface area (Å²) in [5.41, 5.74) is 1.04. The zero-order valence-corrected chi connectivity index (χ0v) is 7.81. The number of halogens is 1. The Bertz CT molecular complexity index is 484. The minimum Gasteiger partial charge on any atom is -0.219 e. The van der Waals surface area contributed by atoms with Crippen LogP contribution in [0.4, 0.5) is 0 Å². The fourth-order valence-electron chi connectivity index (χ4n) is 1.15. The fourth-order valence-corrected chi connectivity index (χ4v) is 1.36. The van der Waals surface area contributed by atoms with Gasteiger partial charge in [0, 0.05) is 0 Å². The normalized spacial score (nSPS) is 9.71. The molecule has 4 nitrogen and oxygen atoms in total. The largest absolute Gasteiger partial charge is 0.219 e. The molecule has 0 spiro atoms. The third-order valence-electron chi connectivity index (χ3n) is 1.77. The maximum Gasteiger partial charge on any atom is 0.103 e. The van der Waals surface area contributed by atoms with E-state index >= 15 is 0 Å². The minimum atomic E-state index is 0.402. The van der Waals surface area contributed by atoms with Gasteiger partial charge in [0.05, 0.1) is 28.7 Å². The van der Waals surface area contributed by atoms with Crippen molar-refractivity contribution < 1.29 is 0 Å². The first-order valence-electron chi connectivity index (χ1n) is 3.88. The molecule has 0 saturated carbocycles. The Morgan fingerprint density at radius 2 is 2.29 bits per heavy atom. The smallest absolute Gasteiger partial charge is 0.103 e. The van der Waals surface area contributed by atoms with Gasteiger partial charge in [-0.1, -0.05) is 22.9 Å². The van der Waals surface area contributed by atoms with Gasteiger partial charge in [-0.15, -0.1) is 5.10 Å². The van der Waals surface area contributed by atoms with Crippen LogP contribution in [0.2, 0.25) is 5.02 Å². The van der Waals surface area contributed by atoms with E-state index in [9.17, 15) is 0 Å². The lowest BCUT2D eigenvalue weighted by molar-refractivity contribution is 0.801. The van der Waals surface area contributed by atoms with E-state index < -0.39 is 0 Å². The highest BCUT2D eigenvalue weighted by atomic mass is 35.5. The molecular weight excluding hydrogens is 200 g/mol. The number of hydrogen-bond acceptors (Lipinski definition) is 3. The molecule has 5 heteroatoms. The standard InChI is InChI=1S/C9H5ClN4/c10-8-2-1-3-9(7(8)6-11)14-5-4-12-13-14/h1-5H. The van der Waals surface area contributed by atoms with Crippen molar-refractivity contribution in [2.75, 3.05) is 0 Å². The summed E-state index contributed by atoms with van der Waals surface area (Å²) in [5, 5.41) is 16.8. The maximum absolute atomic E-state index is 8.90. The third kappa shape index (κ3) is 1.34. The molecule has 1 aromatic carbocycles. The van der Waals surface area contributed by atoms with Crippen molar-refractivity contribution in [3.8, 4) is 11.8 Å². The second-order valence-electron chi connectivity index (χ2n) is 2.59. The Morgan fingerprint density at radius 3 is 2.93 bits per heavy atom. The third-order valence-corrected chi connectivity index (χ3v) is 2.09. The summed E-state index contributed by atoms with van der Waals surface area (Å²) < 4.78 is 1.50. The average Bonchev–Trinajstić information content (AvgIpc) is 2.70. The second-order valence-corrected chi connectivity index (χ2v) is 3.00. The summed E-state index contributed by atoms with van der Waals surface area (Å²) in [7, 11) is 0. The van der Waals surface area contributed by atoms with Crippen molar-refractivity contribution in [2.24, 2.45) is 0 Å². The van der Waals surface area contributed by atoms with Crippen LogP contribution in [-0.4, -0.2) is 15.0 Å². The molecule has 0 saturated heterocycles. The molecule has 2 aromatic rings. The van der Waals surface area contributed by atoms with Crippen molar-refractivity contribution >= 4 is 11.6 Å². The zero-order valence-electron chi connectivity index (χ0n) is 7.05. The van der Waals surface area contributed by atoms with E-state index in [4.69, 9.17) is 16.9 Å². The number of rotatable bonds is 1. The summed E-state index contributed by atoms with van der Waals surface area (Å²) in [6.45, 7) is 0. The Hall–Kier alpha value is -1.86. The zero-order chi connectivity index (χ0) is 9.97. The van der Waals surface area contributed by atoms with E-state index in [0.29, 0.717) is 16.3 Å². The monoisotopic (exact) mass is 204 g/mol. The molecule has 14 heavy (non-hydrogen) atoms. The SMILES string of the molecule is N#Cc1c(Cl)cccc1-n1ccnn1. The highest BCUT2D eigenvalue weighted by Crippen LogP contribution is 2.21. The van der Waals surface area contributed by atoms with E-state index in [1.54, 1.807) is 30.6 Å². The highest BCUT2D eigenvalue weighted by molar-refractivity contribution is 6.32. The van der Waals surface area contributed by atoms with Crippen molar-refractivity contribution in [1.82, 2.24) is 15.0 Å². The van der Waals surface area contributed by atoms with Crippen LogP contribution in [0.15, 0.2) is 30.6 Å². The minimum absolute atomic E-state index is 0.402. The maximum atomic E-state index is 8.90. The summed E-state index contributed by atoms with van der Waals surface area (Å²) in [4.78, 5) is 0. The molecule has 0 aliphatic carbocycles. The predicted octanol–water partition coefficient (Wildman–Crippen LogP) is 1.79. The van der Waals surface area contributed by atoms with Gasteiger partial charge in [-0.3, -0.25) is 0 Å². The Kier molecular flexibility index (Phi) is 2.17. The lowest BCUT2D eigenvalue weighted by Crippen LogP contribution is -1.98. The van der Waals surface area contributed by atoms with Gasteiger partial charge < -0.3 is 0 Å². The van der Waals surface area contributed by atoms with Gasteiger partial charge in [0.1, 0.15) is 6.07 Å². The fraction of sp³-hybridized carbons (Fsp3) is 0. The molecule has 0 radical (unpaired) electrons. The van der Waals surface area contributed by atoms with Gasteiger partial charge in [-0.25, -0.2) is 4.68 Å². The lowest BCUT2D eigenvalue weighted by Gasteiger charge is -2.03. The summed E-state index contributed by atoms with van der Waals surface area (Å²) in [6, 6.07) is 7.23. The quantitative estimate of drug-likeness (QED) is 0.712. The van der Waals surface area contributed by atoms with Gasteiger partial charge >= 0.3 is 0 Å². The van der Waals surface area contributed by atoms with Gasteiger partial charge in [-0.2, -0.15) is 5.26 Å². The van der Waals surface area contributed by atoms with Crippen LogP contribution in [0.1, 0.15) is 5.56 Å². The van der Waals surface area contributed by atoms with E-state index in [-0.39, 0.29) is 0 Å². The lowest BCUT2D eigenvalue weighted by atomic mass is 10.2. The average molecular weight is 205 g/mol. The van der Waals surface area contributed by atoms with Gasteiger partial charge in [-0.05, 0) is 12.1 Å². The first-order valence-corrected chi connectivity index (χ1v) is 4.26. The topological polar surface area (TPSA) is 54.5 Å². The van der Waals surface area contributed by atoms with Gasteiger partial charge in [0.25, 0.3) is 0 Å². The van der Waals surface area contributed by atoms with Crippen molar-refractivity contribution in [1.29, 1.82) is 5.26 Å². The van der Waals surface area contributed by atoms with Crippen molar-refractivity contribution in [3.05, 3.63) is 41.2 Å². The molecule has 68 valence electrons. The van der Waals surface area contributed by atoms with Gasteiger partial charge in [0.15, 0.2) is 0 Å². The summed E-state index contributed by atoms with van der Waals surface area (Å²) in [5.74, 6) is 0. The second kappa shape index (κ2) is 3.48. The van der Waals surface area contributed by atoms with E-state index in [2.05, 4.69) is 10.3 Å². The number of aromatic nitrogens is 3. The molecule has 1 aromatic heterocycles. The summed E-state index contributed by atoms with van der Waals surface area (Å²) >= 11 is 5.86. The molecule has 0 unspecified atom stereocenters. The van der Waals surface area contributed by atoms with Crippen LogP contribution in [0.3, 0.4) is 0 Å². The highest BCUT2D eigenvalue weighted by Gasteiger charge is 2.07. The molecule has 2 rings (SSSR count). The number of nitriles is 1. The molecule has 0 N–H and O–H groups in total. The Morgan fingerprint density at radius 1 is 1.43 bits per heavy atom. The van der Waals surface area contributed by atoms with Crippen LogP contribution in [0, 0.1) is 11.3 Å². The van der Waals surface area contributed by atoms with Crippen LogP contribution in [0.25, 0.3) is 5.69 Å². The first-order chi connectivity index (χ1) is 6.83. The molecule has 0 amide bonds. The molecule has 0 aliphatic heterocycles. The Balaban J connectivity index is 2.66. The van der Waals surface area contributed by atoms with Crippen LogP contribution >= 0.6 is 11.6 Å². The number of hydrogen-bond donors (Lipinski definition) is 0. The van der Waals surface area contributed by atoms with Crippen molar-refractivity contribution in [3.63, 3.8) is 0 Å². The molecule has 0 bridgehead atoms. The molecule has 0 fully saturated rings. The van der Waals surface area contributed by atoms with Gasteiger partial charge in [0.2, 0.25) is 0 Å². The van der Waals surface area contributed by atoms with Crippen LogP contribution in [0.5, 0.6) is 0 Å². The predicted molar refractivity (Wildman–Crippen MR) is 51.1 cm³/mol. The summed E-state index contributed by atoms with van der Waals surface area (Å²) in [6.07, 6.45) is 3.20. The van der Waals surface area contributed by atoms with E-state index in [0.717, 1.165) is 0 Å². The molecule has 0 atom stereocenters. The first kappa shape index (κ1) is 8.73. The van der Waals surface area contributed by atoms with Crippen molar-refractivity contribution in [2.45, 2.75) is 0 Å². The number of benzene rings is 1. The molecular formula is C9H5ClN4. The Labute approximate surface area is 85.3 Å². The van der Waals surface area contributed by atoms with Crippen LogP contribution < -0.4 is 0 Å². The molecule has 0 aliphatic rings. The number of nitrogens with zero attached hydrogens (tertiary/aromatic N) is 4. The van der Waals surface area contributed by atoms with E-state index in [1.807, 2.05) is 6.07 Å². The molecule has 1 heterocycles.